The number of hydrogen-bond donors (Lipinski definition) is 3. The number of ether oxygens (including phenoxy) is 3. The number of carbonyl (C=O) groups is 2. The van der Waals surface area contributed by atoms with Crippen molar-refractivity contribution in [3.63, 3.8) is 0 Å². The van der Waals surface area contributed by atoms with E-state index in [0.717, 1.165) is 0 Å². The number of H-pyrrole nitrogens is 1. The van der Waals surface area contributed by atoms with E-state index in [1.165, 1.54) is 39.5 Å². The van der Waals surface area contributed by atoms with Gasteiger partial charge in [0.25, 0.3) is 15.9 Å². The van der Waals surface area contributed by atoms with Crippen LogP contribution in [0, 0.1) is 13.8 Å². The van der Waals surface area contributed by atoms with Crippen molar-refractivity contribution < 1.29 is 32.2 Å². The number of methoxy groups -OCH3 is 3. The van der Waals surface area contributed by atoms with Crippen LogP contribution in [0.1, 0.15) is 32.1 Å². The maximum Gasteiger partial charge on any atom is 0.339 e. The highest BCUT2D eigenvalue weighted by Gasteiger charge is 2.24. The molecule has 0 radical (unpaired) electrons. The molecule has 180 valence electrons. The van der Waals surface area contributed by atoms with Crippen molar-refractivity contribution in [1.82, 2.24) is 4.98 Å². The van der Waals surface area contributed by atoms with Gasteiger partial charge in [0.15, 0.2) is 0 Å². The quantitative estimate of drug-likeness (QED) is 0.414. The zero-order chi connectivity index (χ0) is 25.0. The van der Waals surface area contributed by atoms with Crippen molar-refractivity contribution in [2.75, 3.05) is 31.4 Å². The first-order valence-corrected chi connectivity index (χ1v) is 11.5. The SMILES string of the molecule is COC(=O)c1c(C)[nH]c(C(=O)Nc2ccc(OC)c(S(=O)(=O)Nc3ccc(OC)cc3)c2)c1C. The third-order valence-electron chi connectivity index (χ3n) is 5.11. The smallest absolute Gasteiger partial charge is 0.339 e. The van der Waals surface area contributed by atoms with E-state index in [0.29, 0.717) is 22.7 Å². The topological polar surface area (TPSA) is 136 Å². The minimum Gasteiger partial charge on any atom is -0.497 e. The molecular formula is C23H25N3O7S. The normalized spacial score (nSPS) is 11.0. The number of amides is 1. The van der Waals surface area contributed by atoms with Crippen LogP contribution in [0.2, 0.25) is 0 Å². The Balaban J connectivity index is 1.90. The number of sulfonamides is 1. The van der Waals surface area contributed by atoms with Crippen LogP contribution in [-0.4, -0.2) is 46.6 Å². The summed E-state index contributed by atoms with van der Waals surface area (Å²) in [6.07, 6.45) is 0. The molecule has 1 amide bonds. The lowest BCUT2D eigenvalue weighted by atomic mass is 10.1. The van der Waals surface area contributed by atoms with Crippen LogP contribution >= 0.6 is 0 Å². The van der Waals surface area contributed by atoms with Gasteiger partial charge in [-0.2, -0.15) is 0 Å². The van der Waals surface area contributed by atoms with E-state index in [1.54, 1.807) is 38.1 Å². The number of esters is 1. The molecule has 0 bridgehead atoms. The average Bonchev–Trinajstić information content (AvgIpc) is 3.12. The lowest BCUT2D eigenvalue weighted by Crippen LogP contribution is -2.17. The minimum atomic E-state index is -4.06. The van der Waals surface area contributed by atoms with Gasteiger partial charge < -0.3 is 24.5 Å². The predicted molar refractivity (Wildman–Crippen MR) is 126 cm³/mol. The first kappa shape index (κ1) is 24.6. The number of benzene rings is 2. The molecule has 0 saturated heterocycles. The molecule has 3 aromatic rings. The summed E-state index contributed by atoms with van der Waals surface area (Å²) >= 11 is 0. The van der Waals surface area contributed by atoms with Crippen molar-refractivity contribution in [3.05, 3.63) is 65.0 Å². The van der Waals surface area contributed by atoms with Crippen molar-refractivity contribution in [1.29, 1.82) is 0 Å². The Bertz CT molecular complexity index is 1330. The van der Waals surface area contributed by atoms with Crippen molar-refractivity contribution in [3.8, 4) is 11.5 Å². The fourth-order valence-electron chi connectivity index (χ4n) is 3.41. The molecule has 3 N–H and O–H groups in total. The Morgan fingerprint density at radius 1 is 0.912 bits per heavy atom. The summed E-state index contributed by atoms with van der Waals surface area (Å²) in [5.41, 5.74) is 1.88. The second-order valence-electron chi connectivity index (χ2n) is 7.27. The second-order valence-corrected chi connectivity index (χ2v) is 8.92. The molecule has 0 fully saturated rings. The minimum absolute atomic E-state index is 0.0962. The first-order chi connectivity index (χ1) is 16.1. The standard InChI is InChI=1S/C23H25N3O7S/c1-13-20(23(28)33-5)14(2)24-21(13)22(27)25-16-8-11-18(32-4)19(12-16)34(29,30)26-15-6-9-17(31-3)10-7-15/h6-12,24,26H,1-5H3,(H,25,27). The Morgan fingerprint density at radius 3 is 2.15 bits per heavy atom. The third kappa shape index (κ3) is 4.99. The van der Waals surface area contributed by atoms with Gasteiger partial charge in [-0.05, 0) is 61.9 Å². The Morgan fingerprint density at radius 2 is 1.56 bits per heavy atom. The van der Waals surface area contributed by atoms with E-state index in [1.807, 2.05) is 0 Å². The van der Waals surface area contributed by atoms with Crippen molar-refractivity contribution in [2.24, 2.45) is 0 Å². The molecule has 0 unspecified atom stereocenters. The average molecular weight is 488 g/mol. The fourth-order valence-corrected chi connectivity index (χ4v) is 4.67. The maximum absolute atomic E-state index is 13.1. The van der Waals surface area contributed by atoms with Gasteiger partial charge in [-0.15, -0.1) is 0 Å². The molecule has 0 aliphatic rings. The van der Waals surface area contributed by atoms with Crippen LogP contribution in [0.15, 0.2) is 47.4 Å². The summed E-state index contributed by atoms with van der Waals surface area (Å²) < 4.78 is 43.7. The monoisotopic (exact) mass is 487 g/mol. The third-order valence-corrected chi connectivity index (χ3v) is 6.51. The molecule has 0 spiro atoms. The lowest BCUT2D eigenvalue weighted by Gasteiger charge is -2.14. The van der Waals surface area contributed by atoms with E-state index in [9.17, 15) is 18.0 Å². The number of rotatable bonds is 8. The molecule has 10 nitrogen and oxygen atoms in total. The molecule has 0 aliphatic carbocycles. The van der Waals surface area contributed by atoms with Gasteiger partial charge in [-0.3, -0.25) is 9.52 Å². The van der Waals surface area contributed by atoms with E-state index < -0.39 is 21.9 Å². The maximum atomic E-state index is 13.1. The summed E-state index contributed by atoms with van der Waals surface area (Å²) in [6.45, 7) is 3.27. The van der Waals surface area contributed by atoms with Crippen LogP contribution in [0.25, 0.3) is 0 Å². The van der Waals surface area contributed by atoms with Crippen molar-refractivity contribution >= 4 is 33.3 Å². The van der Waals surface area contributed by atoms with E-state index >= 15 is 0 Å². The molecule has 2 aromatic carbocycles. The highest BCUT2D eigenvalue weighted by molar-refractivity contribution is 7.92. The number of aromatic nitrogens is 1. The zero-order valence-corrected chi connectivity index (χ0v) is 20.1. The van der Waals surface area contributed by atoms with Crippen LogP contribution < -0.4 is 19.5 Å². The van der Waals surface area contributed by atoms with Crippen LogP contribution in [-0.2, 0) is 14.8 Å². The molecule has 1 heterocycles. The van der Waals surface area contributed by atoms with Crippen LogP contribution in [0.4, 0.5) is 11.4 Å². The summed E-state index contributed by atoms with van der Waals surface area (Å²) in [7, 11) is 0.0537. The number of hydrogen-bond acceptors (Lipinski definition) is 7. The number of anilines is 2. The van der Waals surface area contributed by atoms with Gasteiger partial charge in [0, 0.05) is 17.1 Å². The molecule has 11 heteroatoms. The first-order valence-electron chi connectivity index (χ1n) is 10.0. The number of nitrogens with one attached hydrogen (secondary N) is 3. The highest BCUT2D eigenvalue weighted by atomic mass is 32.2. The van der Waals surface area contributed by atoms with E-state index in [4.69, 9.17) is 14.2 Å². The molecule has 0 atom stereocenters. The molecule has 0 aliphatic heterocycles. The predicted octanol–water partition coefficient (Wildman–Crippen LogP) is 3.49. The molecular weight excluding hydrogens is 462 g/mol. The summed E-state index contributed by atoms with van der Waals surface area (Å²) in [4.78, 5) is 27.6. The lowest BCUT2D eigenvalue weighted by molar-refractivity contribution is 0.0599. The Kier molecular flexibility index (Phi) is 7.16. The summed E-state index contributed by atoms with van der Waals surface area (Å²) in [6, 6.07) is 10.6. The second kappa shape index (κ2) is 9.87. The van der Waals surface area contributed by atoms with E-state index in [2.05, 4.69) is 15.0 Å². The fraction of sp³-hybridized carbons (Fsp3) is 0.217. The number of carbonyl (C=O) groups excluding carboxylic acids is 2. The Hall–Kier alpha value is -3.99. The van der Waals surface area contributed by atoms with Gasteiger partial charge in [-0.25, -0.2) is 13.2 Å². The van der Waals surface area contributed by atoms with E-state index in [-0.39, 0.29) is 27.6 Å². The summed E-state index contributed by atoms with van der Waals surface area (Å²) in [5, 5.41) is 2.65. The molecule has 34 heavy (non-hydrogen) atoms. The van der Waals surface area contributed by atoms with Gasteiger partial charge >= 0.3 is 5.97 Å². The van der Waals surface area contributed by atoms with Gasteiger partial charge in [0.1, 0.15) is 22.1 Å². The largest absolute Gasteiger partial charge is 0.497 e. The van der Waals surface area contributed by atoms with Gasteiger partial charge in [0.2, 0.25) is 0 Å². The van der Waals surface area contributed by atoms with Crippen molar-refractivity contribution in [2.45, 2.75) is 18.7 Å². The zero-order valence-electron chi connectivity index (χ0n) is 19.3. The molecule has 1 aromatic heterocycles. The summed E-state index contributed by atoms with van der Waals surface area (Å²) in [5.74, 6) is -0.436. The number of aryl methyl sites for hydroxylation is 1. The number of aromatic amines is 1. The van der Waals surface area contributed by atoms with Gasteiger partial charge in [0.05, 0.1) is 26.9 Å². The van der Waals surface area contributed by atoms with Crippen LogP contribution in [0.5, 0.6) is 11.5 Å². The molecule has 3 rings (SSSR count). The highest BCUT2D eigenvalue weighted by Crippen LogP contribution is 2.30. The van der Waals surface area contributed by atoms with Gasteiger partial charge in [-0.1, -0.05) is 0 Å². The molecule has 0 saturated carbocycles. The Labute approximate surface area is 197 Å². The van der Waals surface area contributed by atoms with Crippen LogP contribution in [0.3, 0.4) is 0 Å².